The Labute approximate surface area is 111 Å². The maximum absolute atomic E-state index is 10.6. The van der Waals surface area contributed by atoms with Gasteiger partial charge in [0.2, 0.25) is 0 Å². The van der Waals surface area contributed by atoms with Crippen molar-refractivity contribution in [3.8, 4) is 0 Å². The van der Waals surface area contributed by atoms with E-state index in [1.807, 2.05) is 0 Å². The number of rotatable bonds is 2. The van der Waals surface area contributed by atoms with Gasteiger partial charge in [-0.15, -0.1) is 0 Å². The molecule has 1 aliphatic rings. The highest BCUT2D eigenvalue weighted by molar-refractivity contribution is 5.96. The van der Waals surface area contributed by atoms with Gasteiger partial charge in [-0.25, -0.2) is 9.59 Å². The molecule has 1 aromatic rings. The van der Waals surface area contributed by atoms with Crippen LogP contribution in [0.5, 0.6) is 0 Å². The SMILES string of the molecule is Cc1c(C(=O)O)cccc1C(=O)O.OC1CCCC1. The highest BCUT2D eigenvalue weighted by Crippen LogP contribution is 2.16. The molecule has 0 aliphatic heterocycles. The molecule has 3 N–H and O–H groups in total. The summed E-state index contributed by atoms with van der Waals surface area (Å²) in [5.41, 5.74) is 0.335. The van der Waals surface area contributed by atoms with Crippen LogP contribution in [0.2, 0.25) is 0 Å². The molecule has 0 heterocycles. The highest BCUT2D eigenvalue weighted by atomic mass is 16.4. The Morgan fingerprint density at radius 3 is 1.74 bits per heavy atom. The van der Waals surface area contributed by atoms with E-state index in [4.69, 9.17) is 15.3 Å². The van der Waals surface area contributed by atoms with Crippen LogP contribution < -0.4 is 0 Å². The second kappa shape index (κ2) is 6.89. The van der Waals surface area contributed by atoms with Crippen LogP contribution in [0.15, 0.2) is 18.2 Å². The number of carboxylic acids is 2. The number of carbonyl (C=O) groups is 2. The smallest absolute Gasteiger partial charge is 0.335 e. The number of benzene rings is 1. The summed E-state index contributed by atoms with van der Waals surface area (Å²) in [5.74, 6) is -2.22. The Bertz CT molecular complexity index is 429. The molecule has 0 amide bonds. The molecule has 1 aliphatic carbocycles. The van der Waals surface area contributed by atoms with E-state index in [-0.39, 0.29) is 22.8 Å². The Hall–Kier alpha value is -1.88. The molecule has 104 valence electrons. The minimum absolute atomic E-state index is 0.0277. The van der Waals surface area contributed by atoms with Gasteiger partial charge in [-0.2, -0.15) is 0 Å². The molecule has 0 aromatic heterocycles. The van der Waals surface area contributed by atoms with Crippen molar-refractivity contribution >= 4 is 11.9 Å². The Morgan fingerprint density at radius 2 is 1.47 bits per heavy atom. The summed E-state index contributed by atoms with van der Waals surface area (Å²) < 4.78 is 0. The highest BCUT2D eigenvalue weighted by Gasteiger charge is 2.13. The summed E-state index contributed by atoms with van der Waals surface area (Å²) >= 11 is 0. The van der Waals surface area contributed by atoms with Crippen molar-refractivity contribution in [2.45, 2.75) is 38.7 Å². The van der Waals surface area contributed by atoms with Crippen LogP contribution in [0.3, 0.4) is 0 Å². The second-order valence-corrected chi connectivity index (χ2v) is 4.53. The molecule has 1 saturated carbocycles. The second-order valence-electron chi connectivity index (χ2n) is 4.53. The quantitative estimate of drug-likeness (QED) is 0.763. The van der Waals surface area contributed by atoms with Gasteiger partial charge in [0.25, 0.3) is 0 Å². The van der Waals surface area contributed by atoms with Crippen molar-refractivity contribution in [2.75, 3.05) is 0 Å². The Kier molecular flexibility index (Phi) is 5.51. The zero-order chi connectivity index (χ0) is 14.4. The molecule has 5 heteroatoms. The lowest BCUT2D eigenvalue weighted by atomic mass is 10.0. The molecule has 0 radical (unpaired) electrons. The van der Waals surface area contributed by atoms with E-state index in [2.05, 4.69) is 0 Å². The van der Waals surface area contributed by atoms with E-state index in [0.29, 0.717) is 0 Å². The maximum atomic E-state index is 10.6. The fourth-order valence-electron chi connectivity index (χ4n) is 2.00. The van der Waals surface area contributed by atoms with Crippen LogP contribution in [-0.2, 0) is 0 Å². The third-order valence-electron chi connectivity index (χ3n) is 3.12. The van der Waals surface area contributed by atoms with Gasteiger partial charge in [-0.05, 0) is 37.5 Å². The molecular formula is C14H18O5. The average Bonchev–Trinajstić information content (AvgIpc) is 2.80. The van der Waals surface area contributed by atoms with Crippen molar-refractivity contribution < 1.29 is 24.9 Å². The number of hydrogen-bond donors (Lipinski definition) is 3. The summed E-state index contributed by atoms with van der Waals surface area (Å²) in [6.45, 7) is 1.48. The van der Waals surface area contributed by atoms with E-state index >= 15 is 0 Å². The van der Waals surface area contributed by atoms with Crippen LogP contribution in [0.1, 0.15) is 52.0 Å². The van der Waals surface area contributed by atoms with Crippen LogP contribution in [0.25, 0.3) is 0 Å². The fraction of sp³-hybridized carbons (Fsp3) is 0.429. The number of carboxylic acid groups (broad SMARTS) is 2. The molecule has 1 fully saturated rings. The molecule has 0 bridgehead atoms. The summed E-state index contributed by atoms with van der Waals surface area (Å²) in [5, 5.41) is 26.1. The predicted molar refractivity (Wildman–Crippen MR) is 69.6 cm³/mol. The molecule has 2 rings (SSSR count). The van der Waals surface area contributed by atoms with Crippen LogP contribution in [0.4, 0.5) is 0 Å². The molecule has 19 heavy (non-hydrogen) atoms. The molecule has 5 nitrogen and oxygen atoms in total. The van der Waals surface area contributed by atoms with E-state index in [0.717, 1.165) is 12.8 Å². The lowest BCUT2D eigenvalue weighted by molar-refractivity contribution is 0.0696. The first kappa shape index (κ1) is 15.2. The van der Waals surface area contributed by atoms with Crippen LogP contribution >= 0.6 is 0 Å². The van der Waals surface area contributed by atoms with E-state index in [1.54, 1.807) is 0 Å². The fourth-order valence-corrected chi connectivity index (χ4v) is 2.00. The monoisotopic (exact) mass is 266 g/mol. The van der Waals surface area contributed by atoms with Gasteiger partial charge in [0, 0.05) is 0 Å². The van der Waals surface area contributed by atoms with Gasteiger partial charge < -0.3 is 15.3 Å². The van der Waals surface area contributed by atoms with E-state index in [1.165, 1.54) is 38.0 Å². The van der Waals surface area contributed by atoms with Gasteiger partial charge >= 0.3 is 11.9 Å². The summed E-state index contributed by atoms with van der Waals surface area (Å²) in [4.78, 5) is 21.2. The first-order chi connectivity index (χ1) is 8.93. The van der Waals surface area contributed by atoms with Crippen molar-refractivity contribution in [1.82, 2.24) is 0 Å². The lowest BCUT2D eigenvalue weighted by Crippen LogP contribution is -2.06. The van der Waals surface area contributed by atoms with Gasteiger partial charge in [0.05, 0.1) is 17.2 Å². The van der Waals surface area contributed by atoms with E-state index < -0.39 is 11.9 Å². The first-order valence-electron chi connectivity index (χ1n) is 6.17. The molecular weight excluding hydrogens is 248 g/mol. The van der Waals surface area contributed by atoms with Crippen molar-refractivity contribution in [3.63, 3.8) is 0 Å². The van der Waals surface area contributed by atoms with E-state index in [9.17, 15) is 9.59 Å². The average molecular weight is 266 g/mol. The Balaban J connectivity index is 0.000000250. The van der Waals surface area contributed by atoms with Crippen LogP contribution in [0, 0.1) is 6.92 Å². The predicted octanol–water partition coefficient (Wildman–Crippen LogP) is 2.31. The number of aliphatic hydroxyl groups excluding tert-OH is 1. The van der Waals surface area contributed by atoms with Gasteiger partial charge in [0.15, 0.2) is 0 Å². The molecule has 0 spiro atoms. The standard InChI is InChI=1S/C9H8O4.C5H10O/c1-5-6(8(10)11)3-2-4-7(5)9(12)13;6-5-3-1-2-4-5/h2-4H,1H3,(H,10,11)(H,12,13);5-6H,1-4H2. The maximum Gasteiger partial charge on any atom is 0.335 e. The Morgan fingerprint density at radius 1 is 1.05 bits per heavy atom. The molecule has 0 atom stereocenters. The van der Waals surface area contributed by atoms with Gasteiger partial charge in [-0.3, -0.25) is 0 Å². The lowest BCUT2D eigenvalue weighted by Gasteiger charge is -2.03. The normalized spacial score (nSPS) is 14.6. The summed E-state index contributed by atoms with van der Waals surface area (Å²) in [6, 6.07) is 4.17. The summed E-state index contributed by atoms with van der Waals surface area (Å²) in [7, 11) is 0. The van der Waals surface area contributed by atoms with Crippen molar-refractivity contribution in [2.24, 2.45) is 0 Å². The van der Waals surface area contributed by atoms with Crippen molar-refractivity contribution in [3.05, 3.63) is 34.9 Å². The number of hydrogen-bond acceptors (Lipinski definition) is 3. The zero-order valence-electron chi connectivity index (χ0n) is 10.8. The largest absolute Gasteiger partial charge is 0.478 e. The molecule has 0 saturated heterocycles. The third kappa shape index (κ3) is 4.37. The minimum Gasteiger partial charge on any atom is -0.478 e. The number of aliphatic hydroxyl groups is 1. The van der Waals surface area contributed by atoms with Crippen molar-refractivity contribution in [1.29, 1.82) is 0 Å². The van der Waals surface area contributed by atoms with Gasteiger partial charge in [-0.1, -0.05) is 18.9 Å². The minimum atomic E-state index is -1.11. The zero-order valence-corrected chi connectivity index (χ0v) is 10.8. The number of aromatic carboxylic acids is 2. The topological polar surface area (TPSA) is 94.8 Å². The first-order valence-corrected chi connectivity index (χ1v) is 6.17. The van der Waals surface area contributed by atoms with Crippen LogP contribution in [-0.4, -0.2) is 33.4 Å². The molecule has 1 aromatic carbocycles. The third-order valence-corrected chi connectivity index (χ3v) is 3.12. The summed E-state index contributed by atoms with van der Waals surface area (Å²) in [6.07, 6.45) is 4.60. The van der Waals surface area contributed by atoms with Gasteiger partial charge in [0.1, 0.15) is 0 Å². The molecule has 0 unspecified atom stereocenters.